The Bertz CT molecular complexity index is 329. The number of hydrogen-bond donors (Lipinski definition) is 2. The number of hydrogen-bond acceptors (Lipinski definition) is 3. The first-order valence-electron chi connectivity index (χ1n) is 6.34. The zero-order valence-electron chi connectivity index (χ0n) is 10.1. The van der Waals surface area contributed by atoms with Gasteiger partial charge in [-0.2, -0.15) is 0 Å². The van der Waals surface area contributed by atoms with Crippen LogP contribution in [0.1, 0.15) is 25.0 Å². The summed E-state index contributed by atoms with van der Waals surface area (Å²) < 4.78 is 5.20. The third kappa shape index (κ3) is 4.23. The second kappa shape index (κ2) is 6.45. The zero-order chi connectivity index (χ0) is 11.9. The molecule has 17 heavy (non-hydrogen) atoms. The normalized spacial score (nSPS) is 19.4. The van der Waals surface area contributed by atoms with Crippen LogP contribution in [0.15, 0.2) is 22.8 Å². The van der Waals surface area contributed by atoms with E-state index in [9.17, 15) is 4.79 Å². The van der Waals surface area contributed by atoms with Gasteiger partial charge in [0.05, 0.1) is 6.26 Å². The molecule has 0 bridgehead atoms. The second-order valence-corrected chi connectivity index (χ2v) is 4.58. The van der Waals surface area contributed by atoms with Crippen molar-refractivity contribution in [1.82, 2.24) is 10.6 Å². The lowest BCUT2D eigenvalue weighted by Gasteiger charge is -2.08. The molecular formula is C13H20N2O2. The van der Waals surface area contributed by atoms with Crippen LogP contribution in [-0.4, -0.2) is 25.5 Å². The van der Waals surface area contributed by atoms with Crippen molar-refractivity contribution in [2.45, 2.75) is 25.7 Å². The van der Waals surface area contributed by atoms with Crippen LogP contribution in [0.5, 0.6) is 0 Å². The first kappa shape index (κ1) is 12.2. The van der Waals surface area contributed by atoms with Gasteiger partial charge in [-0.15, -0.1) is 0 Å². The van der Waals surface area contributed by atoms with E-state index in [4.69, 9.17) is 4.42 Å². The molecule has 1 atom stereocenters. The topological polar surface area (TPSA) is 54.3 Å². The maximum absolute atomic E-state index is 11.6. The van der Waals surface area contributed by atoms with Crippen LogP contribution < -0.4 is 10.6 Å². The SMILES string of the molecule is O=C(CCC1CCNC1)NCCc1ccco1. The molecule has 2 heterocycles. The molecule has 1 aliphatic heterocycles. The molecule has 4 nitrogen and oxygen atoms in total. The van der Waals surface area contributed by atoms with Crippen molar-refractivity contribution in [3.05, 3.63) is 24.2 Å². The van der Waals surface area contributed by atoms with Crippen LogP contribution in [0.2, 0.25) is 0 Å². The number of nitrogens with one attached hydrogen (secondary N) is 2. The fourth-order valence-electron chi connectivity index (χ4n) is 2.16. The summed E-state index contributed by atoms with van der Waals surface area (Å²) in [6, 6.07) is 3.79. The van der Waals surface area contributed by atoms with Gasteiger partial charge in [0.15, 0.2) is 0 Å². The van der Waals surface area contributed by atoms with Crippen LogP contribution in [-0.2, 0) is 11.2 Å². The number of carbonyl (C=O) groups excluding carboxylic acids is 1. The minimum atomic E-state index is 0.156. The summed E-state index contributed by atoms with van der Waals surface area (Å²) in [6.07, 6.45) is 5.28. The van der Waals surface area contributed by atoms with E-state index in [1.807, 2.05) is 12.1 Å². The molecule has 0 saturated carbocycles. The lowest BCUT2D eigenvalue weighted by molar-refractivity contribution is -0.121. The van der Waals surface area contributed by atoms with Gasteiger partial charge >= 0.3 is 0 Å². The Morgan fingerprint density at radius 3 is 3.24 bits per heavy atom. The van der Waals surface area contributed by atoms with Crippen molar-refractivity contribution in [2.75, 3.05) is 19.6 Å². The Labute approximate surface area is 102 Å². The fourth-order valence-corrected chi connectivity index (χ4v) is 2.16. The molecule has 0 radical (unpaired) electrons. The van der Waals surface area contributed by atoms with Crippen molar-refractivity contribution in [2.24, 2.45) is 5.92 Å². The molecule has 1 aliphatic rings. The standard InChI is InChI=1S/C13H20N2O2/c16-13(4-3-11-5-7-14-10-11)15-8-6-12-2-1-9-17-12/h1-2,9,11,14H,3-8,10H2,(H,15,16). The average Bonchev–Trinajstić information content (AvgIpc) is 2.99. The van der Waals surface area contributed by atoms with Crippen molar-refractivity contribution in [1.29, 1.82) is 0 Å². The Hall–Kier alpha value is -1.29. The van der Waals surface area contributed by atoms with Gasteiger partial charge in [0.2, 0.25) is 5.91 Å². The Morgan fingerprint density at radius 1 is 1.59 bits per heavy atom. The molecule has 0 aromatic carbocycles. The maximum Gasteiger partial charge on any atom is 0.220 e. The third-order valence-corrected chi connectivity index (χ3v) is 3.22. The zero-order valence-corrected chi connectivity index (χ0v) is 10.1. The summed E-state index contributed by atoms with van der Waals surface area (Å²) in [7, 11) is 0. The van der Waals surface area contributed by atoms with Gasteiger partial charge in [-0.1, -0.05) is 0 Å². The van der Waals surface area contributed by atoms with Gasteiger partial charge in [-0.05, 0) is 44.0 Å². The van der Waals surface area contributed by atoms with Gasteiger partial charge in [-0.3, -0.25) is 4.79 Å². The number of carbonyl (C=O) groups is 1. The first-order chi connectivity index (χ1) is 8.34. The fraction of sp³-hybridized carbons (Fsp3) is 0.615. The minimum absolute atomic E-state index is 0.156. The molecule has 1 aromatic heterocycles. The molecule has 1 unspecified atom stereocenters. The van der Waals surface area contributed by atoms with Crippen molar-refractivity contribution < 1.29 is 9.21 Å². The number of rotatable bonds is 6. The van der Waals surface area contributed by atoms with Crippen LogP contribution in [0, 0.1) is 5.92 Å². The van der Waals surface area contributed by atoms with Crippen molar-refractivity contribution in [3.63, 3.8) is 0 Å². The van der Waals surface area contributed by atoms with Gasteiger partial charge in [-0.25, -0.2) is 0 Å². The van der Waals surface area contributed by atoms with Crippen LogP contribution in [0.4, 0.5) is 0 Å². The Morgan fingerprint density at radius 2 is 2.53 bits per heavy atom. The molecule has 0 aliphatic carbocycles. The second-order valence-electron chi connectivity index (χ2n) is 4.58. The Balaban J connectivity index is 1.54. The molecule has 1 amide bonds. The van der Waals surface area contributed by atoms with E-state index in [-0.39, 0.29) is 5.91 Å². The summed E-state index contributed by atoms with van der Waals surface area (Å²) in [5, 5.41) is 6.24. The lowest BCUT2D eigenvalue weighted by Crippen LogP contribution is -2.26. The summed E-state index contributed by atoms with van der Waals surface area (Å²) in [4.78, 5) is 11.6. The monoisotopic (exact) mass is 236 g/mol. The quantitative estimate of drug-likeness (QED) is 0.783. The predicted molar refractivity (Wildman–Crippen MR) is 65.6 cm³/mol. The molecule has 1 aromatic rings. The van der Waals surface area contributed by atoms with E-state index < -0.39 is 0 Å². The smallest absolute Gasteiger partial charge is 0.220 e. The molecular weight excluding hydrogens is 216 g/mol. The molecule has 2 N–H and O–H groups in total. The van der Waals surface area contributed by atoms with E-state index in [1.54, 1.807) is 6.26 Å². The minimum Gasteiger partial charge on any atom is -0.469 e. The van der Waals surface area contributed by atoms with Crippen molar-refractivity contribution in [3.8, 4) is 0 Å². The van der Waals surface area contributed by atoms with E-state index in [0.29, 0.717) is 18.9 Å². The molecule has 94 valence electrons. The highest BCUT2D eigenvalue weighted by Crippen LogP contribution is 2.13. The maximum atomic E-state index is 11.6. The lowest BCUT2D eigenvalue weighted by atomic mass is 10.0. The highest BCUT2D eigenvalue weighted by Gasteiger charge is 2.15. The molecule has 1 fully saturated rings. The third-order valence-electron chi connectivity index (χ3n) is 3.22. The van der Waals surface area contributed by atoms with Gasteiger partial charge < -0.3 is 15.1 Å². The summed E-state index contributed by atoms with van der Waals surface area (Å²) in [6.45, 7) is 2.83. The highest BCUT2D eigenvalue weighted by atomic mass is 16.3. The van der Waals surface area contributed by atoms with Gasteiger partial charge in [0.25, 0.3) is 0 Å². The predicted octanol–water partition coefficient (Wildman–Crippen LogP) is 1.33. The van der Waals surface area contributed by atoms with Crippen molar-refractivity contribution >= 4 is 5.91 Å². The summed E-state index contributed by atoms with van der Waals surface area (Å²) in [5.41, 5.74) is 0. The Kier molecular flexibility index (Phi) is 4.62. The van der Waals surface area contributed by atoms with Crippen LogP contribution in [0.25, 0.3) is 0 Å². The number of furan rings is 1. The summed E-state index contributed by atoms with van der Waals surface area (Å²) in [5.74, 6) is 1.76. The van der Waals surface area contributed by atoms with Gasteiger partial charge in [0, 0.05) is 19.4 Å². The highest BCUT2D eigenvalue weighted by molar-refractivity contribution is 5.75. The van der Waals surface area contributed by atoms with Crippen LogP contribution >= 0.6 is 0 Å². The van der Waals surface area contributed by atoms with Gasteiger partial charge in [0.1, 0.15) is 5.76 Å². The van der Waals surface area contributed by atoms with E-state index in [0.717, 1.165) is 31.7 Å². The molecule has 0 spiro atoms. The van der Waals surface area contributed by atoms with E-state index in [1.165, 1.54) is 6.42 Å². The number of amides is 1. The van der Waals surface area contributed by atoms with E-state index in [2.05, 4.69) is 10.6 Å². The molecule has 4 heteroatoms. The molecule has 1 saturated heterocycles. The summed E-state index contributed by atoms with van der Waals surface area (Å²) >= 11 is 0. The van der Waals surface area contributed by atoms with Crippen LogP contribution in [0.3, 0.4) is 0 Å². The first-order valence-corrected chi connectivity index (χ1v) is 6.34. The largest absolute Gasteiger partial charge is 0.469 e. The van der Waals surface area contributed by atoms with E-state index >= 15 is 0 Å². The average molecular weight is 236 g/mol. The molecule has 2 rings (SSSR count).